The molecule has 1 N–H and O–H groups in total. The quantitative estimate of drug-likeness (QED) is 0.679. The zero-order valence-electron chi connectivity index (χ0n) is 14.9. The van der Waals surface area contributed by atoms with Crippen LogP contribution in [0.2, 0.25) is 0 Å². The van der Waals surface area contributed by atoms with Gasteiger partial charge in [0.25, 0.3) is 0 Å². The second-order valence-electron chi connectivity index (χ2n) is 6.41. The first kappa shape index (κ1) is 17.9. The van der Waals surface area contributed by atoms with Gasteiger partial charge >= 0.3 is 0 Å². The fourth-order valence-corrected chi connectivity index (χ4v) is 2.95. The number of hydrogen-bond acceptors (Lipinski definition) is 2. The molecule has 0 unspecified atom stereocenters. The maximum absolute atomic E-state index is 12.9. The van der Waals surface area contributed by atoms with Crippen molar-refractivity contribution >= 4 is 23.0 Å². The highest BCUT2D eigenvalue weighted by molar-refractivity contribution is 5.91. The highest BCUT2D eigenvalue weighted by atomic mass is 19.1. The smallest absolute Gasteiger partial charge is 0.244 e. The lowest BCUT2D eigenvalue weighted by Crippen LogP contribution is -2.24. The van der Waals surface area contributed by atoms with Gasteiger partial charge in [-0.05, 0) is 49.8 Å². The van der Waals surface area contributed by atoms with E-state index >= 15 is 0 Å². The van der Waals surface area contributed by atoms with E-state index in [2.05, 4.69) is 29.8 Å². The summed E-state index contributed by atoms with van der Waals surface area (Å²) in [6.45, 7) is 4.76. The summed E-state index contributed by atoms with van der Waals surface area (Å²) < 4.78 is 15.1. The molecule has 0 atom stereocenters. The van der Waals surface area contributed by atoms with E-state index in [1.165, 1.54) is 18.2 Å². The average molecular weight is 351 g/mol. The molecule has 2 aromatic carbocycles. The summed E-state index contributed by atoms with van der Waals surface area (Å²) in [5.41, 5.74) is 2.86. The Hall–Kier alpha value is -2.95. The SMILES string of the molecule is CC(C)n1c(CCNC(=O)/C=C/c2ccc(F)cc2)nc2ccccc21. The van der Waals surface area contributed by atoms with Crippen molar-refractivity contribution in [3.8, 4) is 0 Å². The van der Waals surface area contributed by atoms with E-state index in [0.29, 0.717) is 19.0 Å². The van der Waals surface area contributed by atoms with Crippen molar-refractivity contribution in [2.45, 2.75) is 26.3 Å². The van der Waals surface area contributed by atoms with Crippen LogP contribution in [0.15, 0.2) is 54.6 Å². The number of fused-ring (bicyclic) bond motifs is 1. The highest BCUT2D eigenvalue weighted by Gasteiger charge is 2.12. The van der Waals surface area contributed by atoms with Crippen LogP contribution in [0.5, 0.6) is 0 Å². The fraction of sp³-hybridized carbons (Fsp3) is 0.238. The third kappa shape index (κ3) is 4.17. The Morgan fingerprint density at radius 2 is 1.92 bits per heavy atom. The van der Waals surface area contributed by atoms with Crippen molar-refractivity contribution < 1.29 is 9.18 Å². The van der Waals surface area contributed by atoms with Crippen molar-refractivity contribution in [2.24, 2.45) is 0 Å². The molecule has 0 aliphatic carbocycles. The molecule has 0 bridgehead atoms. The van der Waals surface area contributed by atoms with Gasteiger partial charge in [-0.25, -0.2) is 9.37 Å². The molecule has 1 heterocycles. The van der Waals surface area contributed by atoms with Gasteiger partial charge in [0.1, 0.15) is 11.6 Å². The number of benzene rings is 2. The first-order valence-corrected chi connectivity index (χ1v) is 8.72. The molecule has 3 aromatic rings. The normalized spacial score (nSPS) is 11.5. The molecule has 4 nitrogen and oxygen atoms in total. The number of rotatable bonds is 6. The van der Waals surface area contributed by atoms with Gasteiger partial charge < -0.3 is 9.88 Å². The van der Waals surface area contributed by atoms with E-state index in [9.17, 15) is 9.18 Å². The molecule has 26 heavy (non-hydrogen) atoms. The van der Waals surface area contributed by atoms with Crippen LogP contribution in [0.25, 0.3) is 17.1 Å². The minimum Gasteiger partial charge on any atom is -0.352 e. The monoisotopic (exact) mass is 351 g/mol. The van der Waals surface area contributed by atoms with Gasteiger partial charge in [-0.15, -0.1) is 0 Å². The van der Waals surface area contributed by atoms with Crippen LogP contribution in [0.1, 0.15) is 31.3 Å². The van der Waals surface area contributed by atoms with E-state index in [-0.39, 0.29) is 11.7 Å². The van der Waals surface area contributed by atoms with E-state index in [4.69, 9.17) is 4.98 Å². The van der Waals surface area contributed by atoms with Gasteiger partial charge in [0, 0.05) is 25.1 Å². The van der Waals surface area contributed by atoms with Crippen molar-refractivity contribution in [1.82, 2.24) is 14.9 Å². The molecular weight excluding hydrogens is 329 g/mol. The Bertz CT molecular complexity index is 926. The molecule has 1 aromatic heterocycles. The number of aromatic nitrogens is 2. The zero-order chi connectivity index (χ0) is 18.5. The average Bonchev–Trinajstić information content (AvgIpc) is 2.99. The Labute approximate surface area is 152 Å². The van der Waals surface area contributed by atoms with Crippen molar-refractivity contribution in [3.05, 3.63) is 71.8 Å². The number of halogens is 1. The van der Waals surface area contributed by atoms with Gasteiger partial charge in [0.2, 0.25) is 5.91 Å². The van der Waals surface area contributed by atoms with Crippen LogP contribution in [0.4, 0.5) is 4.39 Å². The fourth-order valence-electron chi connectivity index (χ4n) is 2.95. The number of imidazole rings is 1. The Kier molecular flexibility index (Phi) is 5.46. The second-order valence-corrected chi connectivity index (χ2v) is 6.41. The number of carbonyl (C=O) groups is 1. The largest absolute Gasteiger partial charge is 0.352 e. The molecule has 0 fully saturated rings. The Balaban J connectivity index is 1.61. The van der Waals surface area contributed by atoms with Crippen LogP contribution < -0.4 is 5.32 Å². The number of nitrogens with one attached hydrogen (secondary N) is 1. The summed E-state index contributed by atoms with van der Waals surface area (Å²) in [6.07, 6.45) is 3.78. The Morgan fingerprint density at radius 3 is 2.65 bits per heavy atom. The van der Waals surface area contributed by atoms with Crippen LogP contribution in [-0.2, 0) is 11.2 Å². The van der Waals surface area contributed by atoms with E-state index < -0.39 is 0 Å². The molecule has 3 rings (SSSR count). The molecule has 5 heteroatoms. The standard InChI is InChI=1S/C21H22FN3O/c1-15(2)25-19-6-4-3-5-18(19)24-20(25)13-14-23-21(26)12-9-16-7-10-17(22)11-8-16/h3-12,15H,13-14H2,1-2H3,(H,23,26)/b12-9+. The number of amides is 1. The van der Waals surface area contributed by atoms with Gasteiger partial charge in [0.15, 0.2) is 0 Å². The van der Waals surface area contributed by atoms with Crippen LogP contribution >= 0.6 is 0 Å². The molecule has 1 amide bonds. The summed E-state index contributed by atoms with van der Waals surface area (Å²) in [6, 6.07) is 14.3. The van der Waals surface area contributed by atoms with Crippen molar-refractivity contribution in [2.75, 3.05) is 6.54 Å². The lowest BCUT2D eigenvalue weighted by molar-refractivity contribution is -0.116. The maximum Gasteiger partial charge on any atom is 0.244 e. The van der Waals surface area contributed by atoms with Crippen LogP contribution in [0.3, 0.4) is 0 Å². The summed E-state index contributed by atoms with van der Waals surface area (Å²) in [4.78, 5) is 16.7. The molecular formula is C21H22FN3O. The van der Waals surface area contributed by atoms with Gasteiger partial charge in [-0.3, -0.25) is 4.79 Å². The summed E-state index contributed by atoms with van der Waals surface area (Å²) in [7, 11) is 0. The molecule has 0 saturated carbocycles. The number of carbonyl (C=O) groups excluding carboxylic acids is 1. The minimum atomic E-state index is -0.292. The van der Waals surface area contributed by atoms with Crippen LogP contribution in [0, 0.1) is 5.82 Å². The first-order valence-electron chi connectivity index (χ1n) is 8.72. The summed E-state index contributed by atoms with van der Waals surface area (Å²) in [5.74, 6) is 0.491. The van der Waals surface area contributed by atoms with E-state index in [1.807, 2.05) is 18.2 Å². The molecule has 0 saturated heterocycles. The Morgan fingerprint density at radius 1 is 1.19 bits per heavy atom. The number of hydrogen-bond donors (Lipinski definition) is 1. The molecule has 0 radical (unpaired) electrons. The third-order valence-corrected chi connectivity index (χ3v) is 4.13. The van der Waals surface area contributed by atoms with Gasteiger partial charge in [0.05, 0.1) is 11.0 Å². The summed E-state index contributed by atoms with van der Waals surface area (Å²) >= 11 is 0. The summed E-state index contributed by atoms with van der Waals surface area (Å²) in [5, 5.41) is 2.87. The predicted molar refractivity (Wildman–Crippen MR) is 102 cm³/mol. The van der Waals surface area contributed by atoms with Crippen LogP contribution in [-0.4, -0.2) is 22.0 Å². The van der Waals surface area contributed by atoms with Gasteiger partial charge in [-0.1, -0.05) is 24.3 Å². The topological polar surface area (TPSA) is 46.9 Å². The van der Waals surface area contributed by atoms with E-state index in [0.717, 1.165) is 22.4 Å². The third-order valence-electron chi connectivity index (χ3n) is 4.13. The first-order chi connectivity index (χ1) is 12.5. The highest BCUT2D eigenvalue weighted by Crippen LogP contribution is 2.21. The molecule has 0 aliphatic rings. The molecule has 134 valence electrons. The second kappa shape index (κ2) is 7.95. The molecule has 0 spiro atoms. The lowest BCUT2D eigenvalue weighted by atomic mass is 10.2. The predicted octanol–water partition coefficient (Wildman–Crippen LogP) is 4.13. The van der Waals surface area contributed by atoms with Crippen molar-refractivity contribution in [3.63, 3.8) is 0 Å². The number of para-hydroxylation sites is 2. The molecule has 0 aliphatic heterocycles. The van der Waals surface area contributed by atoms with Gasteiger partial charge in [-0.2, -0.15) is 0 Å². The lowest BCUT2D eigenvalue weighted by Gasteiger charge is -2.13. The zero-order valence-corrected chi connectivity index (χ0v) is 14.9. The van der Waals surface area contributed by atoms with E-state index in [1.54, 1.807) is 18.2 Å². The minimum absolute atomic E-state index is 0.179. The number of nitrogens with zero attached hydrogens (tertiary/aromatic N) is 2. The maximum atomic E-state index is 12.9. The van der Waals surface area contributed by atoms with Crippen molar-refractivity contribution in [1.29, 1.82) is 0 Å².